The van der Waals surface area contributed by atoms with E-state index in [1.54, 1.807) is 7.05 Å². The number of nitrogens with zero attached hydrogens (tertiary/aromatic N) is 2. The van der Waals surface area contributed by atoms with Gasteiger partial charge in [0.05, 0.1) is 11.6 Å². The van der Waals surface area contributed by atoms with Gasteiger partial charge >= 0.3 is 0 Å². The average molecular weight is 409 g/mol. The predicted octanol–water partition coefficient (Wildman–Crippen LogP) is 2.42. The van der Waals surface area contributed by atoms with Gasteiger partial charge in [0, 0.05) is 33.1 Å². The fraction of sp³-hybridized carbons (Fsp3) is 0.600. The highest BCUT2D eigenvalue weighted by Crippen LogP contribution is 2.38. The van der Waals surface area contributed by atoms with E-state index in [9.17, 15) is 4.79 Å². The van der Waals surface area contributed by atoms with Crippen LogP contribution < -0.4 is 20.1 Å². The number of likely N-dealkylation sites (tertiary alicyclic amines) is 1. The first-order valence-electron chi connectivity index (χ1n) is 9.92. The van der Waals surface area contributed by atoms with E-state index in [1.807, 2.05) is 12.1 Å². The number of amides is 1. The number of guanidine groups is 1. The summed E-state index contributed by atoms with van der Waals surface area (Å²) in [6.07, 6.45) is 2.59. The summed E-state index contributed by atoms with van der Waals surface area (Å²) in [6.45, 7) is 6.23. The van der Waals surface area contributed by atoms with E-state index in [4.69, 9.17) is 26.1 Å². The molecule has 0 bridgehead atoms. The molecule has 0 atom stereocenters. The van der Waals surface area contributed by atoms with E-state index in [0.29, 0.717) is 48.6 Å². The Balaban J connectivity index is 1.63. The predicted molar refractivity (Wildman–Crippen MR) is 110 cm³/mol. The smallest absolute Gasteiger partial charge is 0.220 e. The first kappa shape index (κ1) is 20.6. The molecule has 3 rings (SSSR count). The van der Waals surface area contributed by atoms with Gasteiger partial charge in [-0.05, 0) is 43.4 Å². The SMILES string of the molecule is CCNC(=NCc1cc(Cl)c2c(c1)OCCO2)N1CCC(CC(=O)NC)CC1. The van der Waals surface area contributed by atoms with Crippen molar-refractivity contribution in [1.82, 2.24) is 15.5 Å². The lowest BCUT2D eigenvalue weighted by Crippen LogP contribution is -2.46. The number of carbonyl (C=O) groups is 1. The van der Waals surface area contributed by atoms with Gasteiger partial charge in [-0.15, -0.1) is 0 Å². The molecule has 1 aromatic rings. The average Bonchev–Trinajstić information content (AvgIpc) is 2.72. The summed E-state index contributed by atoms with van der Waals surface area (Å²) in [5, 5.41) is 6.64. The minimum absolute atomic E-state index is 0.120. The third kappa shape index (κ3) is 5.22. The van der Waals surface area contributed by atoms with Crippen LogP contribution in [0.4, 0.5) is 0 Å². The molecule has 0 spiro atoms. The van der Waals surface area contributed by atoms with E-state index in [2.05, 4.69) is 22.5 Å². The van der Waals surface area contributed by atoms with Gasteiger partial charge in [-0.3, -0.25) is 4.79 Å². The molecule has 28 heavy (non-hydrogen) atoms. The van der Waals surface area contributed by atoms with Crippen LogP contribution in [-0.2, 0) is 11.3 Å². The number of nitrogens with one attached hydrogen (secondary N) is 2. The highest BCUT2D eigenvalue weighted by atomic mass is 35.5. The summed E-state index contributed by atoms with van der Waals surface area (Å²) in [5.74, 6) is 2.76. The maximum absolute atomic E-state index is 11.6. The summed E-state index contributed by atoms with van der Waals surface area (Å²) in [5.41, 5.74) is 0.985. The lowest BCUT2D eigenvalue weighted by atomic mass is 9.93. The van der Waals surface area contributed by atoms with Gasteiger partial charge < -0.3 is 25.0 Å². The van der Waals surface area contributed by atoms with Crippen molar-refractivity contribution in [3.63, 3.8) is 0 Å². The van der Waals surface area contributed by atoms with Crippen molar-refractivity contribution >= 4 is 23.5 Å². The number of piperidine rings is 1. The number of aliphatic imine (C=N–C) groups is 1. The number of rotatable bonds is 5. The first-order chi connectivity index (χ1) is 13.6. The van der Waals surface area contributed by atoms with Crippen LogP contribution in [0.25, 0.3) is 0 Å². The number of carbonyl (C=O) groups excluding carboxylic acids is 1. The standard InChI is InChI=1S/C20H29ClN4O3/c1-3-23-20(25-6-4-14(5-7-25)12-18(26)22-2)24-13-15-10-16(21)19-17(11-15)27-8-9-28-19/h10-11,14H,3-9,12-13H2,1-2H3,(H,22,26)(H,23,24). The van der Waals surface area contributed by atoms with Crippen LogP contribution in [0.15, 0.2) is 17.1 Å². The van der Waals surface area contributed by atoms with Crippen LogP contribution in [0, 0.1) is 5.92 Å². The molecule has 0 aromatic heterocycles. The van der Waals surface area contributed by atoms with E-state index >= 15 is 0 Å². The number of benzene rings is 1. The summed E-state index contributed by atoms with van der Waals surface area (Å²) in [4.78, 5) is 18.7. The summed E-state index contributed by atoms with van der Waals surface area (Å²) < 4.78 is 11.2. The molecular weight excluding hydrogens is 380 g/mol. The molecule has 1 amide bonds. The lowest BCUT2D eigenvalue weighted by Gasteiger charge is -2.34. The normalized spacial score (nSPS) is 17.4. The fourth-order valence-corrected chi connectivity index (χ4v) is 3.85. The molecule has 8 heteroatoms. The summed E-state index contributed by atoms with van der Waals surface area (Å²) in [6, 6.07) is 3.83. The number of fused-ring (bicyclic) bond motifs is 1. The van der Waals surface area contributed by atoms with Crippen LogP contribution in [0.5, 0.6) is 11.5 Å². The second kappa shape index (κ2) is 9.87. The van der Waals surface area contributed by atoms with Crippen molar-refractivity contribution in [2.75, 3.05) is 39.9 Å². The Morgan fingerprint density at radius 1 is 1.29 bits per heavy atom. The summed E-state index contributed by atoms with van der Waals surface area (Å²) in [7, 11) is 1.69. The molecule has 0 aliphatic carbocycles. The van der Waals surface area contributed by atoms with E-state index in [0.717, 1.165) is 44.0 Å². The summed E-state index contributed by atoms with van der Waals surface area (Å²) >= 11 is 6.33. The number of hydrogen-bond donors (Lipinski definition) is 2. The maximum Gasteiger partial charge on any atom is 0.220 e. The Hall–Kier alpha value is -2.15. The van der Waals surface area contributed by atoms with E-state index < -0.39 is 0 Å². The van der Waals surface area contributed by atoms with Crippen LogP contribution >= 0.6 is 11.6 Å². The van der Waals surface area contributed by atoms with Crippen molar-refractivity contribution in [3.05, 3.63) is 22.7 Å². The van der Waals surface area contributed by atoms with E-state index in [1.165, 1.54) is 0 Å². The monoisotopic (exact) mass is 408 g/mol. The highest BCUT2D eigenvalue weighted by molar-refractivity contribution is 6.32. The molecular formula is C20H29ClN4O3. The highest BCUT2D eigenvalue weighted by Gasteiger charge is 2.23. The van der Waals surface area contributed by atoms with Gasteiger partial charge in [-0.25, -0.2) is 4.99 Å². The fourth-order valence-electron chi connectivity index (χ4n) is 3.56. The molecule has 2 N–H and O–H groups in total. The minimum atomic E-state index is 0.120. The largest absolute Gasteiger partial charge is 0.486 e. The van der Waals surface area contributed by atoms with Crippen molar-refractivity contribution in [1.29, 1.82) is 0 Å². The zero-order valence-corrected chi connectivity index (χ0v) is 17.3. The maximum atomic E-state index is 11.6. The third-order valence-electron chi connectivity index (χ3n) is 5.07. The molecule has 1 aromatic carbocycles. The first-order valence-corrected chi connectivity index (χ1v) is 10.3. The van der Waals surface area contributed by atoms with Crippen LogP contribution in [0.2, 0.25) is 5.02 Å². The van der Waals surface area contributed by atoms with Crippen molar-refractivity contribution in [3.8, 4) is 11.5 Å². The Kier molecular flexibility index (Phi) is 7.25. The van der Waals surface area contributed by atoms with Crippen LogP contribution in [0.1, 0.15) is 31.7 Å². The zero-order chi connectivity index (χ0) is 19.9. The van der Waals surface area contributed by atoms with Gasteiger partial charge in [0.2, 0.25) is 5.91 Å². The van der Waals surface area contributed by atoms with E-state index in [-0.39, 0.29) is 5.91 Å². The van der Waals surface area contributed by atoms with Crippen LogP contribution in [-0.4, -0.2) is 56.7 Å². The molecule has 0 unspecified atom stereocenters. The second-order valence-electron chi connectivity index (χ2n) is 7.08. The Morgan fingerprint density at radius 3 is 2.75 bits per heavy atom. The zero-order valence-electron chi connectivity index (χ0n) is 16.6. The number of hydrogen-bond acceptors (Lipinski definition) is 4. The Morgan fingerprint density at radius 2 is 2.04 bits per heavy atom. The van der Waals surface area contributed by atoms with Gasteiger partial charge in [-0.2, -0.15) is 0 Å². The topological polar surface area (TPSA) is 75.2 Å². The Bertz CT molecular complexity index is 718. The lowest BCUT2D eigenvalue weighted by molar-refractivity contribution is -0.121. The molecule has 2 heterocycles. The van der Waals surface area contributed by atoms with Crippen molar-refractivity contribution in [2.45, 2.75) is 32.7 Å². The molecule has 1 saturated heterocycles. The quantitative estimate of drug-likeness (QED) is 0.578. The second-order valence-corrected chi connectivity index (χ2v) is 7.49. The molecule has 1 fully saturated rings. The molecule has 2 aliphatic rings. The van der Waals surface area contributed by atoms with Crippen molar-refractivity contribution in [2.24, 2.45) is 10.9 Å². The van der Waals surface area contributed by atoms with Gasteiger partial charge in [-0.1, -0.05) is 11.6 Å². The molecule has 7 nitrogen and oxygen atoms in total. The minimum Gasteiger partial charge on any atom is -0.486 e. The molecule has 154 valence electrons. The van der Waals surface area contributed by atoms with Crippen molar-refractivity contribution < 1.29 is 14.3 Å². The number of ether oxygens (including phenoxy) is 2. The third-order valence-corrected chi connectivity index (χ3v) is 5.35. The molecule has 0 saturated carbocycles. The van der Waals surface area contributed by atoms with Gasteiger partial charge in [0.15, 0.2) is 17.5 Å². The van der Waals surface area contributed by atoms with Gasteiger partial charge in [0.1, 0.15) is 13.2 Å². The van der Waals surface area contributed by atoms with Crippen LogP contribution in [0.3, 0.4) is 0 Å². The molecule has 2 aliphatic heterocycles. The Labute approximate surface area is 171 Å². The molecule has 0 radical (unpaired) electrons. The number of halogens is 1. The van der Waals surface area contributed by atoms with Gasteiger partial charge in [0.25, 0.3) is 0 Å².